The average Bonchev–Trinajstić information content (AvgIpc) is 2.73. The van der Waals surface area contributed by atoms with E-state index in [-0.39, 0.29) is 11.3 Å². The molecule has 2 rings (SSSR count). The number of anilines is 1. The molecule has 3 nitrogen and oxygen atoms in total. The second-order valence-electron chi connectivity index (χ2n) is 5.78. The smallest absolute Gasteiger partial charge is 0.227 e. The van der Waals surface area contributed by atoms with E-state index in [0.29, 0.717) is 6.42 Å². The van der Waals surface area contributed by atoms with Crippen molar-refractivity contribution in [1.29, 1.82) is 0 Å². The van der Waals surface area contributed by atoms with Crippen molar-refractivity contribution in [2.45, 2.75) is 39.0 Å². The molecule has 1 aromatic rings. The van der Waals surface area contributed by atoms with Crippen molar-refractivity contribution in [3.05, 3.63) is 23.8 Å². The van der Waals surface area contributed by atoms with E-state index >= 15 is 0 Å². The first-order chi connectivity index (χ1) is 8.43. The molecule has 0 saturated carbocycles. The maximum atomic E-state index is 11.7. The van der Waals surface area contributed by atoms with Gasteiger partial charge in [-0.3, -0.25) is 4.79 Å². The van der Waals surface area contributed by atoms with Gasteiger partial charge in [0.25, 0.3) is 0 Å². The van der Waals surface area contributed by atoms with Crippen LogP contribution < -0.4 is 9.64 Å². The largest absolute Gasteiger partial charge is 0.496 e. The number of hydrogen-bond acceptors (Lipinski definition) is 2. The Kier molecular flexibility index (Phi) is 3.33. The number of benzene rings is 1. The molecule has 0 spiro atoms. The van der Waals surface area contributed by atoms with Crippen molar-refractivity contribution in [2.75, 3.05) is 18.6 Å². The summed E-state index contributed by atoms with van der Waals surface area (Å²) in [6, 6.07) is 6.07. The van der Waals surface area contributed by atoms with Gasteiger partial charge in [0.2, 0.25) is 5.91 Å². The summed E-state index contributed by atoms with van der Waals surface area (Å²) in [5, 5.41) is 0. The van der Waals surface area contributed by atoms with Gasteiger partial charge in [-0.15, -0.1) is 0 Å². The highest BCUT2D eigenvalue weighted by atomic mass is 16.5. The van der Waals surface area contributed by atoms with E-state index in [0.717, 1.165) is 24.4 Å². The lowest BCUT2D eigenvalue weighted by Gasteiger charge is -2.24. The molecule has 1 aliphatic rings. The number of hydrogen-bond donors (Lipinski definition) is 0. The van der Waals surface area contributed by atoms with Gasteiger partial charge >= 0.3 is 0 Å². The first-order valence-electron chi connectivity index (χ1n) is 6.42. The van der Waals surface area contributed by atoms with E-state index < -0.39 is 0 Å². The molecular formula is C15H21NO2. The molecule has 1 aliphatic heterocycles. The van der Waals surface area contributed by atoms with Crippen molar-refractivity contribution >= 4 is 11.6 Å². The molecule has 0 N–H and O–H groups in total. The van der Waals surface area contributed by atoms with Crippen molar-refractivity contribution < 1.29 is 9.53 Å². The SMILES string of the molecule is COc1cc(N2CCCC2=O)ccc1C(C)(C)C. The minimum Gasteiger partial charge on any atom is -0.496 e. The van der Waals surface area contributed by atoms with Crippen LogP contribution >= 0.6 is 0 Å². The van der Waals surface area contributed by atoms with Gasteiger partial charge in [-0.2, -0.15) is 0 Å². The van der Waals surface area contributed by atoms with Gasteiger partial charge < -0.3 is 9.64 Å². The van der Waals surface area contributed by atoms with Crippen LogP contribution in [0.25, 0.3) is 0 Å². The topological polar surface area (TPSA) is 29.5 Å². The minimum absolute atomic E-state index is 0.0406. The summed E-state index contributed by atoms with van der Waals surface area (Å²) >= 11 is 0. The summed E-state index contributed by atoms with van der Waals surface area (Å²) in [5.74, 6) is 1.07. The molecule has 1 heterocycles. The Bertz CT molecular complexity index is 460. The third kappa shape index (κ3) is 2.35. The predicted octanol–water partition coefficient (Wildman–Crippen LogP) is 3.12. The van der Waals surface area contributed by atoms with Gasteiger partial charge in [0, 0.05) is 24.7 Å². The normalized spacial score (nSPS) is 16.2. The Morgan fingerprint density at radius 2 is 2.00 bits per heavy atom. The summed E-state index contributed by atoms with van der Waals surface area (Å²) < 4.78 is 5.47. The molecule has 0 atom stereocenters. The maximum absolute atomic E-state index is 11.7. The molecule has 3 heteroatoms. The van der Waals surface area contributed by atoms with Crippen LogP contribution in [0.5, 0.6) is 5.75 Å². The first-order valence-corrected chi connectivity index (χ1v) is 6.42. The number of carbonyl (C=O) groups excluding carboxylic acids is 1. The van der Waals surface area contributed by atoms with Gasteiger partial charge in [-0.05, 0) is 23.5 Å². The van der Waals surface area contributed by atoms with Gasteiger partial charge in [0.05, 0.1) is 7.11 Å². The fourth-order valence-electron chi connectivity index (χ4n) is 2.39. The summed E-state index contributed by atoms with van der Waals surface area (Å²) in [4.78, 5) is 13.6. The van der Waals surface area contributed by atoms with Crippen LogP contribution in [-0.2, 0) is 10.2 Å². The van der Waals surface area contributed by atoms with E-state index in [9.17, 15) is 4.79 Å². The number of ether oxygens (including phenoxy) is 1. The average molecular weight is 247 g/mol. The van der Waals surface area contributed by atoms with Gasteiger partial charge in [0.15, 0.2) is 0 Å². The van der Waals surface area contributed by atoms with Crippen molar-refractivity contribution in [2.24, 2.45) is 0 Å². The molecule has 0 radical (unpaired) electrons. The van der Waals surface area contributed by atoms with Crippen LogP contribution in [0.1, 0.15) is 39.2 Å². The maximum Gasteiger partial charge on any atom is 0.227 e. The van der Waals surface area contributed by atoms with Crippen LogP contribution in [0.2, 0.25) is 0 Å². The zero-order valence-corrected chi connectivity index (χ0v) is 11.6. The molecule has 0 aliphatic carbocycles. The molecular weight excluding hydrogens is 226 g/mol. The van der Waals surface area contributed by atoms with E-state index in [1.165, 1.54) is 5.56 Å². The Hall–Kier alpha value is -1.51. The fourth-order valence-corrected chi connectivity index (χ4v) is 2.39. The molecule has 0 aromatic heterocycles. The van der Waals surface area contributed by atoms with Crippen molar-refractivity contribution in [1.82, 2.24) is 0 Å². The number of methoxy groups -OCH3 is 1. The molecule has 98 valence electrons. The summed E-state index contributed by atoms with van der Waals surface area (Å²) in [6.07, 6.45) is 1.60. The third-order valence-corrected chi connectivity index (χ3v) is 3.38. The van der Waals surface area contributed by atoms with E-state index in [1.807, 2.05) is 17.0 Å². The van der Waals surface area contributed by atoms with Crippen molar-refractivity contribution in [3.8, 4) is 5.75 Å². The van der Waals surface area contributed by atoms with Gasteiger partial charge in [0.1, 0.15) is 5.75 Å². The Morgan fingerprint density at radius 3 is 2.50 bits per heavy atom. The van der Waals surface area contributed by atoms with Crippen LogP contribution in [0, 0.1) is 0 Å². The highest BCUT2D eigenvalue weighted by Gasteiger charge is 2.24. The van der Waals surface area contributed by atoms with Crippen molar-refractivity contribution in [3.63, 3.8) is 0 Å². The quantitative estimate of drug-likeness (QED) is 0.803. The second kappa shape index (κ2) is 4.63. The lowest BCUT2D eigenvalue weighted by atomic mass is 9.86. The predicted molar refractivity (Wildman–Crippen MR) is 73.3 cm³/mol. The second-order valence-corrected chi connectivity index (χ2v) is 5.78. The zero-order chi connectivity index (χ0) is 13.3. The number of nitrogens with zero attached hydrogens (tertiary/aromatic N) is 1. The lowest BCUT2D eigenvalue weighted by Crippen LogP contribution is -2.24. The molecule has 1 amide bonds. The van der Waals surface area contributed by atoms with Crippen LogP contribution in [0.4, 0.5) is 5.69 Å². The number of rotatable bonds is 2. The fraction of sp³-hybridized carbons (Fsp3) is 0.533. The summed E-state index contributed by atoms with van der Waals surface area (Å²) in [7, 11) is 1.68. The van der Waals surface area contributed by atoms with Gasteiger partial charge in [-0.1, -0.05) is 26.8 Å². The molecule has 1 saturated heterocycles. The molecule has 18 heavy (non-hydrogen) atoms. The van der Waals surface area contributed by atoms with Crippen LogP contribution in [0.15, 0.2) is 18.2 Å². The van der Waals surface area contributed by atoms with E-state index in [4.69, 9.17) is 4.74 Å². The van der Waals surface area contributed by atoms with E-state index in [2.05, 4.69) is 26.8 Å². The third-order valence-electron chi connectivity index (χ3n) is 3.38. The zero-order valence-electron chi connectivity index (χ0n) is 11.6. The number of carbonyl (C=O) groups is 1. The first kappa shape index (κ1) is 12.9. The van der Waals surface area contributed by atoms with Crippen LogP contribution in [-0.4, -0.2) is 19.6 Å². The van der Waals surface area contributed by atoms with Gasteiger partial charge in [-0.25, -0.2) is 0 Å². The lowest BCUT2D eigenvalue weighted by molar-refractivity contribution is -0.117. The summed E-state index contributed by atoms with van der Waals surface area (Å²) in [5.41, 5.74) is 2.15. The number of amides is 1. The highest BCUT2D eigenvalue weighted by molar-refractivity contribution is 5.95. The Morgan fingerprint density at radius 1 is 1.28 bits per heavy atom. The molecule has 0 unspecified atom stereocenters. The van der Waals surface area contributed by atoms with E-state index in [1.54, 1.807) is 7.11 Å². The highest BCUT2D eigenvalue weighted by Crippen LogP contribution is 2.35. The minimum atomic E-state index is 0.0406. The Balaban J connectivity index is 2.39. The standard InChI is InChI=1S/C15H21NO2/c1-15(2,3)12-8-7-11(10-13(12)18-4)16-9-5-6-14(16)17/h7-8,10H,5-6,9H2,1-4H3. The summed E-state index contributed by atoms with van der Waals surface area (Å²) in [6.45, 7) is 7.29. The Labute approximate surface area is 109 Å². The van der Waals surface area contributed by atoms with Crippen LogP contribution in [0.3, 0.4) is 0 Å². The molecule has 0 bridgehead atoms. The molecule has 1 fully saturated rings. The monoisotopic (exact) mass is 247 g/mol. The molecule has 1 aromatic carbocycles.